The van der Waals surface area contributed by atoms with Crippen LogP contribution in [0.25, 0.3) is 0 Å². The lowest BCUT2D eigenvalue weighted by atomic mass is 9.85. The normalized spacial score (nSPS) is 17.2. The molecular formula is C16H22ClNO3. The van der Waals surface area contributed by atoms with Crippen LogP contribution in [0.2, 0.25) is 5.02 Å². The number of hydrogen-bond acceptors (Lipinski definition) is 3. The molecule has 0 aliphatic heterocycles. The van der Waals surface area contributed by atoms with E-state index in [2.05, 4.69) is 5.32 Å². The van der Waals surface area contributed by atoms with Gasteiger partial charge in [0.1, 0.15) is 5.75 Å². The predicted molar refractivity (Wildman–Crippen MR) is 82.6 cm³/mol. The van der Waals surface area contributed by atoms with Gasteiger partial charge in [0.05, 0.1) is 23.7 Å². The minimum atomic E-state index is -0.725. The minimum Gasteiger partial charge on any atom is -0.491 e. The highest BCUT2D eigenvalue weighted by molar-refractivity contribution is 6.32. The number of para-hydroxylation sites is 1. The zero-order valence-corrected chi connectivity index (χ0v) is 12.9. The van der Waals surface area contributed by atoms with Crippen LogP contribution in [0, 0.1) is 0 Å². The molecule has 1 saturated carbocycles. The molecule has 1 fully saturated rings. The second-order valence-corrected chi connectivity index (χ2v) is 6.00. The van der Waals surface area contributed by atoms with Crippen molar-refractivity contribution in [2.75, 3.05) is 13.2 Å². The van der Waals surface area contributed by atoms with Crippen LogP contribution in [-0.2, 0) is 4.79 Å². The Morgan fingerprint density at radius 3 is 2.71 bits per heavy atom. The Hall–Kier alpha value is -1.26. The Kier molecular flexibility index (Phi) is 5.88. The molecule has 1 aliphatic rings. The zero-order valence-electron chi connectivity index (χ0n) is 12.1. The van der Waals surface area contributed by atoms with Crippen molar-refractivity contribution in [1.82, 2.24) is 5.32 Å². The van der Waals surface area contributed by atoms with Crippen molar-refractivity contribution in [2.45, 2.75) is 44.1 Å². The first-order valence-electron chi connectivity index (χ1n) is 7.45. The van der Waals surface area contributed by atoms with E-state index in [9.17, 15) is 9.90 Å². The molecule has 1 aliphatic carbocycles. The van der Waals surface area contributed by atoms with Crippen LogP contribution in [0.15, 0.2) is 24.3 Å². The van der Waals surface area contributed by atoms with Gasteiger partial charge in [-0.2, -0.15) is 0 Å². The van der Waals surface area contributed by atoms with Crippen molar-refractivity contribution in [3.8, 4) is 5.75 Å². The Bertz CT molecular complexity index is 472. The molecule has 2 rings (SSSR count). The standard InChI is InChI=1S/C16H22ClNO3/c17-13-6-2-3-7-14(13)21-11-8-15(19)18-12-16(20)9-4-1-5-10-16/h2-3,6-7,20H,1,4-5,8-12H2,(H,18,19). The van der Waals surface area contributed by atoms with Gasteiger partial charge in [0.15, 0.2) is 0 Å². The lowest BCUT2D eigenvalue weighted by molar-refractivity contribution is -0.123. The van der Waals surface area contributed by atoms with Crippen LogP contribution in [0.3, 0.4) is 0 Å². The average molecular weight is 312 g/mol. The molecule has 0 bridgehead atoms. The van der Waals surface area contributed by atoms with Gasteiger partial charge >= 0.3 is 0 Å². The summed E-state index contributed by atoms with van der Waals surface area (Å²) in [5.74, 6) is 0.471. The van der Waals surface area contributed by atoms with Gasteiger partial charge in [-0.25, -0.2) is 0 Å². The van der Waals surface area contributed by atoms with Crippen LogP contribution in [0.1, 0.15) is 38.5 Å². The number of benzene rings is 1. The molecule has 1 amide bonds. The molecule has 0 heterocycles. The molecule has 2 N–H and O–H groups in total. The Balaban J connectivity index is 1.67. The molecule has 0 aromatic heterocycles. The Labute approximate surface area is 130 Å². The molecule has 116 valence electrons. The summed E-state index contributed by atoms with van der Waals surface area (Å²) in [6.45, 7) is 0.603. The average Bonchev–Trinajstić information content (AvgIpc) is 2.48. The Morgan fingerprint density at radius 1 is 1.29 bits per heavy atom. The molecular weight excluding hydrogens is 290 g/mol. The van der Waals surface area contributed by atoms with Crippen molar-refractivity contribution in [3.05, 3.63) is 29.3 Å². The fourth-order valence-electron chi connectivity index (χ4n) is 2.55. The van der Waals surface area contributed by atoms with E-state index in [0.29, 0.717) is 17.3 Å². The van der Waals surface area contributed by atoms with Crippen molar-refractivity contribution in [3.63, 3.8) is 0 Å². The fourth-order valence-corrected chi connectivity index (χ4v) is 2.74. The lowest BCUT2D eigenvalue weighted by Crippen LogP contribution is -2.44. The first-order valence-corrected chi connectivity index (χ1v) is 7.83. The van der Waals surface area contributed by atoms with Gasteiger partial charge in [-0.05, 0) is 25.0 Å². The van der Waals surface area contributed by atoms with Gasteiger partial charge in [-0.3, -0.25) is 4.79 Å². The number of halogens is 1. The monoisotopic (exact) mass is 311 g/mol. The van der Waals surface area contributed by atoms with Crippen molar-refractivity contribution >= 4 is 17.5 Å². The summed E-state index contributed by atoms with van der Waals surface area (Å²) < 4.78 is 5.47. The van der Waals surface area contributed by atoms with Gasteiger partial charge in [0.2, 0.25) is 5.91 Å². The van der Waals surface area contributed by atoms with Gasteiger partial charge in [-0.15, -0.1) is 0 Å². The molecule has 0 saturated heterocycles. The largest absolute Gasteiger partial charge is 0.491 e. The summed E-state index contributed by atoms with van der Waals surface area (Å²) in [6.07, 6.45) is 5.01. The van der Waals surface area contributed by atoms with E-state index in [1.165, 1.54) is 6.42 Å². The third-order valence-electron chi connectivity index (χ3n) is 3.82. The van der Waals surface area contributed by atoms with E-state index in [4.69, 9.17) is 16.3 Å². The highest BCUT2D eigenvalue weighted by Gasteiger charge is 2.29. The summed E-state index contributed by atoms with van der Waals surface area (Å²) >= 11 is 5.96. The number of aliphatic hydroxyl groups is 1. The first-order chi connectivity index (χ1) is 10.1. The predicted octanol–water partition coefficient (Wildman–Crippen LogP) is 2.92. The third kappa shape index (κ3) is 5.21. The van der Waals surface area contributed by atoms with E-state index >= 15 is 0 Å². The molecule has 5 heteroatoms. The number of carbonyl (C=O) groups is 1. The van der Waals surface area contributed by atoms with E-state index in [1.807, 2.05) is 12.1 Å². The molecule has 0 spiro atoms. The van der Waals surface area contributed by atoms with E-state index < -0.39 is 5.60 Å². The van der Waals surface area contributed by atoms with Crippen LogP contribution in [0.5, 0.6) is 5.75 Å². The lowest BCUT2D eigenvalue weighted by Gasteiger charge is -2.32. The quantitative estimate of drug-likeness (QED) is 0.849. The highest BCUT2D eigenvalue weighted by atomic mass is 35.5. The maximum absolute atomic E-state index is 11.8. The van der Waals surface area contributed by atoms with Gasteiger partial charge in [0.25, 0.3) is 0 Å². The molecule has 1 aromatic carbocycles. The SMILES string of the molecule is O=C(CCOc1ccccc1Cl)NCC1(O)CCCCC1. The third-order valence-corrected chi connectivity index (χ3v) is 4.13. The van der Waals surface area contributed by atoms with Crippen molar-refractivity contribution in [1.29, 1.82) is 0 Å². The molecule has 0 radical (unpaired) electrons. The number of amides is 1. The second-order valence-electron chi connectivity index (χ2n) is 5.59. The summed E-state index contributed by atoms with van der Waals surface area (Å²) in [7, 11) is 0. The summed E-state index contributed by atoms with van der Waals surface area (Å²) in [5.41, 5.74) is -0.725. The number of nitrogens with one attached hydrogen (secondary N) is 1. The second kappa shape index (κ2) is 7.66. The van der Waals surface area contributed by atoms with Crippen LogP contribution in [0.4, 0.5) is 0 Å². The van der Waals surface area contributed by atoms with Crippen LogP contribution in [-0.4, -0.2) is 29.8 Å². The highest BCUT2D eigenvalue weighted by Crippen LogP contribution is 2.27. The summed E-state index contributed by atoms with van der Waals surface area (Å²) in [4.78, 5) is 11.8. The van der Waals surface area contributed by atoms with Gasteiger partial charge in [-0.1, -0.05) is 43.0 Å². The number of ether oxygens (including phenoxy) is 1. The number of hydrogen-bond donors (Lipinski definition) is 2. The smallest absolute Gasteiger partial charge is 0.223 e. The van der Waals surface area contributed by atoms with Crippen molar-refractivity contribution in [2.24, 2.45) is 0 Å². The van der Waals surface area contributed by atoms with Gasteiger partial charge in [0, 0.05) is 6.54 Å². The van der Waals surface area contributed by atoms with Crippen molar-refractivity contribution < 1.29 is 14.6 Å². The molecule has 0 atom stereocenters. The maximum Gasteiger partial charge on any atom is 0.223 e. The molecule has 0 unspecified atom stereocenters. The minimum absolute atomic E-state index is 0.110. The molecule has 1 aromatic rings. The fraction of sp³-hybridized carbons (Fsp3) is 0.562. The van der Waals surface area contributed by atoms with Gasteiger partial charge < -0.3 is 15.2 Å². The van der Waals surface area contributed by atoms with E-state index in [0.717, 1.165) is 25.7 Å². The van der Waals surface area contributed by atoms with E-state index in [1.54, 1.807) is 12.1 Å². The number of rotatable bonds is 6. The van der Waals surface area contributed by atoms with Crippen LogP contribution < -0.4 is 10.1 Å². The summed E-state index contributed by atoms with van der Waals surface area (Å²) in [5, 5.41) is 13.6. The number of carbonyl (C=O) groups excluding carboxylic acids is 1. The Morgan fingerprint density at radius 2 is 2.00 bits per heavy atom. The first kappa shape index (κ1) is 16.1. The topological polar surface area (TPSA) is 58.6 Å². The van der Waals surface area contributed by atoms with E-state index in [-0.39, 0.29) is 18.9 Å². The molecule has 4 nitrogen and oxygen atoms in total. The summed E-state index contributed by atoms with van der Waals surface area (Å²) in [6, 6.07) is 7.17. The zero-order chi connectivity index (χ0) is 15.1. The van der Waals surface area contributed by atoms with Crippen LogP contribution >= 0.6 is 11.6 Å². The molecule has 21 heavy (non-hydrogen) atoms. The maximum atomic E-state index is 11.8.